The molecule has 0 radical (unpaired) electrons. The Morgan fingerprint density at radius 2 is 1.97 bits per heavy atom. The summed E-state index contributed by atoms with van der Waals surface area (Å²) in [6.45, 7) is 9.51. The zero-order valence-electron chi connectivity index (χ0n) is 18.9. The minimum Gasteiger partial charge on any atom is -0.379 e. The summed E-state index contributed by atoms with van der Waals surface area (Å²) in [5, 5.41) is 4.86. The van der Waals surface area contributed by atoms with Crippen LogP contribution < -0.4 is 10.7 Å². The zero-order chi connectivity index (χ0) is 22.8. The molecule has 9 heteroatoms. The number of hydrazine groups is 1. The van der Waals surface area contributed by atoms with Crippen LogP contribution in [0.15, 0.2) is 29.5 Å². The number of hydrogen-bond donors (Lipinski definition) is 2. The van der Waals surface area contributed by atoms with Gasteiger partial charge in [0.2, 0.25) is 5.91 Å². The fourth-order valence-electron chi connectivity index (χ4n) is 4.59. The predicted molar refractivity (Wildman–Crippen MR) is 118 cm³/mol. The van der Waals surface area contributed by atoms with Gasteiger partial charge in [-0.3, -0.25) is 19.9 Å². The maximum atomic E-state index is 13.4. The van der Waals surface area contributed by atoms with Crippen molar-refractivity contribution in [2.24, 2.45) is 0 Å². The molecule has 9 nitrogen and oxygen atoms in total. The first-order valence-electron chi connectivity index (χ1n) is 11.2. The molecule has 0 bridgehead atoms. The average molecular weight is 442 g/mol. The maximum absolute atomic E-state index is 13.4. The van der Waals surface area contributed by atoms with Gasteiger partial charge in [-0.2, -0.15) is 0 Å². The van der Waals surface area contributed by atoms with E-state index < -0.39 is 6.04 Å². The third kappa shape index (κ3) is 4.35. The highest BCUT2D eigenvalue weighted by molar-refractivity contribution is 6.01. The number of morpholine rings is 1. The van der Waals surface area contributed by atoms with Gasteiger partial charge in [0.1, 0.15) is 0 Å². The molecule has 0 aromatic heterocycles. The van der Waals surface area contributed by atoms with Crippen molar-refractivity contribution in [3.8, 4) is 0 Å². The lowest BCUT2D eigenvalue weighted by Gasteiger charge is -2.33. The van der Waals surface area contributed by atoms with E-state index in [9.17, 15) is 14.4 Å². The lowest BCUT2D eigenvalue weighted by molar-refractivity contribution is -0.130. The number of benzene rings is 1. The first-order valence-corrected chi connectivity index (χ1v) is 11.2. The van der Waals surface area contributed by atoms with Crippen molar-refractivity contribution in [3.63, 3.8) is 0 Å². The standard InChI is InChI=1S/C23H31N5O4/c1-4-28-18-14-26(8-7-19(29)25-27-9-11-32-12-10-27)22(30)20(18)21(24-23(28)31)17-6-5-15(2)13-16(17)3/h5-6,13,21H,4,7-12,14H2,1-3H3,(H,24,31)(H,25,29)/t21-/m0/s1. The molecule has 2 N–H and O–H groups in total. The fraction of sp³-hybridized carbons (Fsp3) is 0.522. The summed E-state index contributed by atoms with van der Waals surface area (Å²) in [5.74, 6) is -0.250. The summed E-state index contributed by atoms with van der Waals surface area (Å²) in [6, 6.07) is 5.35. The van der Waals surface area contributed by atoms with Gasteiger partial charge in [0, 0.05) is 32.6 Å². The highest BCUT2D eigenvalue weighted by atomic mass is 16.5. The van der Waals surface area contributed by atoms with Crippen molar-refractivity contribution < 1.29 is 19.1 Å². The molecule has 3 aliphatic heterocycles. The summed E-state index contributed by atoms with van der Waals surface area (Å²) in [4.78, 5) is 41.9. The van der Waals surface area contributed by atoms with Gasteiger partial charge in [-0.05, 0) is 31.9 Å². The van der Waals surface area contributed by atoms with Crippen molar-refractivity contribution >= 4 is 17.8 Å². The van der Waals surface area contributed by atoms with Crippen molar-refractivity contribution in [1.82, 2.24) is 25.6 Å². The maximum Gasteiger partial charge on any atom is 0.322 e. The third-order valence-electron chi connectivity index (χ3n) is 6.25. The molecular weight excluding hydrogens is 410 g/mol. The van der Waals surface area contributed by atoms with Gasteiger partial charge in [0.15, 0.2) is 0 Å². The lowest BCUT2D eigenvalue weighted by atomic mass is 9.91. The van der Waals surface area contributed by atoms with E-state index in [4.69, 9.17) is 4.74 Å². The molecule has 1 aromatic rings. The van der Waals surface area contributed by atoms with E-state index in [1.165, 1.54) is 0 Å². The summed E-state index contributed by atoms with van der Waals surface area (Å²) in [6.07, 6.45) is 0.200. The second kappa shape index (κ2) is 9.30. The van der Waals surface area contributed by atoms with Crippen molar-refractivity contribution in [1.29, 1.82) is 0 Å². The van der Waals surface area contributed by atoms with Gasteiger partial charge < -0.3 is 15.0 Å². The van der Waals surface area contributed by atoms with Crippen molar-refractivity contribution in [2.45, 2.75) is 33.2 Å². The Morgan fingerprint density at radius 3 is 2.66 bits per heavy atom. The number of nitrogens with zero attached hydrogens (tertiary/aromatic N) is 3. The SMILES string of the molecule is CCN1C(=O)N[C@@H](c2ccc(C)cc2C)C2=C1CN(CCC(=O)NN1CCOCC1)C2=O. The number of aryl methyl sites for hydroxylation is 2. The first-order chi connectivity index (χ1) is 15.4. The van der Waals surface area contributed by atoms with Crippen LogP contribution in [0.5, 0.6) is 0 Å². The second-order valence-electron chi connectivity index (χ2n) is 8.46. The Hall–Kier alpha value is -2.91. The molecule has 0 spiro atoms. The van der Waals surface area contributed by atoms with Crippen LogP contribution >= 0.6 is 0 Å². The van der Waals surface area contributed by atoms with Crippen LogP contribution in [0, 0.1) is 13.8 Å². The monoisotopic (exact) mass is 441 g/mol. The number of hydrogen-bond acceptors (Lipinski definition) is 5. The third-order valence-corrected chi connectivity index (χ3v) is 6.25. The largest absolute Gasteiger partial charge is 0.379 e. The number of amides is 4. The minimum absolute atomic E-state index is 0.123. The van der Waals surface area contributed by atoms with Crippen molar-refractivity contribution in [3.05, 3.63) is 46.2 Å². The molecule has 3 heterocycles. The summed E-state index contributed by atoms with van der Waals surface area (Å²) in [5.41, 5.74) is 7.30. The molecule has 4 rings (SSSR count). The van der Waals surface area contributed by atoms with Crippen LogP contribution in [0.1, 0.15) is 36.1 Å². The van der Waals surface area contributed by atoms with Gasteiger partial charge in [0.05, 0.1) is 37.1 Å². The summed E-state index contributed by atoms with van der Waals surface area (Å²) in [7, 11) is 0. The van der Waals surface area contributed by atoms with Crippen LogP contribution in [0.4, 0.5) is 4.79 Å². The molecule has 1 fully saturated rings. The average Bonchev–Trinajstić information content (AvgIpc) is 3.09. The van der Waals surface area contributed by atoms with Crippen LogP contribution in [0.2, 0.25) is 0 Å². The summed E-state index contributed by atoms with van der Waals surface area (Å²) >= 11 is 0. The Balaban J connectivity index is 1.50. The Kier molecular flexibility index (Phi) is 6.48. The number of carbonyl (C=O) groups excluding carboxylic acids is 3. The van der Waals surface area contributed by atoms with E-state index >= 15 is 0 Å². The Labute approximate surface area is 188 Å². The minimum atomic E-state index is -0.486. The number of urea groups is 1. The van der Waals surface area contributed by atoms with Gasteiger partial charge in [-0.25, -0.2) is 9.80 Å². The van der Waals surface area contributed by atoms with E-state index in [2.05, 4.69) is 16.8 Å². The number of carbonyl (C=O) groups is 3. The molecule has 0 aliphatic carbocycles. The van der Waals surface area contributed by atoms with E-state index in [0.29, 0.717) is 51.5 Å². The molecular formula is C23H31N5O4. The van der Waals surface area contributed by atoms with Gasteiger partial charge in [0.25, 0.3) is 5.91 Å². The van der Waals surface area contributed by atoms with Crippen LogP contribution in [-0.2, 0) is 14.3 Å². The smallest absolute Gasteiger partial charge is 0.322 e. The van der Waals surface area contributed by atoms with Gasteiger partial charge in [-0.1, -0.05) is 23.8 Å². The molecule has 3 aliphatic rings. The topological polar surface area (TPSA) is 94.2 Å². The van der Waals surface area contributed by atoms with E-state index in [0.717, 1.165) is 22.4 Å². The molecule has 0 saturated carbocycles. The van der Waals surface area contributed by atoms with Crippen LogP contribution in [0.3, 0.4) is 0 Å². The highest BCUT2D eigenvalue weighted by Crippen LogP contribution is 2.37. The number of nitrogens with one attached hydrogen (secondary N) is 2. The fourth-order valence-corrected chi connectivity index (χ4v) is 4.59. The van der Waals surface area contributed by atoms with Gasteiger partial charge >= 0.3 is 6.03 Å². The molecule has 1 saturated heterocycles. The normalized spacial score (nSPS) is 21.7. The molecule has 32 heavy (non-hydrogen) atoms. The van der Waals surface area contributed by atoms with E-state index in [1.807, 2.05) is 37.9 Å². The van der Waals surface area contributed by atoms with E-state index in [-0.39, 0.29) is 24.3 Å². The zero-order valence-corrected chi connectivity index (χ0v) is 18.9. The first kappa shape index (κ1) is 22.3. The van der Waals surface area contributed by atoms with Crippen LogP contribution in [0.25, 0.3) is 0 Å². The number of likely N-dealkylation sites (N-methyl/N-ethyl adjacent to an activating group) is 1. The Bertz CT molecular complexity index is 954. The molecule has 1 atom stereocenters. The quantitative estimate of drug-likeness (QED) is 0.693. The number of rotatable bonds is 6. The summed E-state index contributed by atoms with van der Waals surface area (Å²) < 4.78 is 5.29. The molecule has 1 aromatic carbocycles. The van der Waals surface area contributed by atoms with Gasteiger partial charge in [-0.15, -0.1) is 0 Å². The lowest BCUT2D eigenvalue weighted by Crippen LogP contribution is -2.49. The molecule has 4 amide bonds. The van der Waals surface area contributed by atoms with Crippen LogP contribution in [-0.4, -0.2) is 78.6 Å². The predicted octanol–water partition coefficient (Wildman–Crippen LogP) is 1.24. The van der Waals surface area contributed by atoms with E-state index in [1.54, 1.807) is 9.80 Å². The Morgan fingerprint density at radius 1 is 1.22 bits per heavy atom. The van der Waals surface area contributed by atoms with Crippen molar-refractivity contribution in [2.75, 3.05) is 45.9 Å². The number of ether oxygens (including phenoxy) is 1. The second-order valence-corrected chi connectivity index (χ2v) is 8.46. The highest BCUT2D eigenvalue weighted by Gasteiger charge is 2.43. The molecule has 172 valence electrons. The molecule has 0 unspecified atom stereocenters.